The van der Waals surface area contributed by atoms with Crippen molar-refractivity contribution >= 4 is 21.8 Å². The van der Waals surface area contributed by atoms with Crippen molar-refractivity contribution < 1.29 is 4.79 Å². The maximum absolute atomic E-state index is 11.0. The molecule has 0 unspecified atom stereocenters. The number of benzene rings is 1. The average molecular weight is 270 g/mol. The molecule has 1 aromatic carbocycles. The normalized spacial score (nSPS) is 11.2. The van der Waals surface area contributed by atoms with Crippen LogP contribution in [0.2, 0.25) is 0 Å². The fraction of sp³-hybridized carbons (Fsp3) is 0.417. The lowest BCUT2D eigenvalue weighted by Crippen LogP contribution is -2.44. The highest BCUT2D eigenvalue weighted by molar-refractivity contribution is 9.10. The lowest BCUT2D eigenvalue weighted by molar-refractivity contribution is -0.120. The fourth-order valence-corrected chi connectivity index (χ4v) is 2.06. The molecule has 1 N–H and O–H groups in total. The van der Waals surface area contributed by atoms with E-state index in [1.54, 1.807) is 6.92 Å². The highest BCUT2D eigenvalue weighted by atomic mass is 79.9. The van der Waals surface area contributed by atoms with Gasteiger partial charge in [0.2, 0.25) is 5.91 Å². The zero-order chi connectivity index (χ0) is 11.5. The molecule has 3 heteroatoms. The first kappa shape index (κ1) is 12.2. The van der Waals surface area contributed by atoms with E-state index in [-0.39, 0.29) is 11.4 Å². The summed E-state index contributed by atoms with van der Waals surface area (Å²) in [5, 5.41) is 2.94. The zero-order valence-electron chi connectivity index (χ0n) is 9.30. The van der Waals surface area contributed by atoms with Gasteiger partial charge >= 0.3 is 0 Å². The van der Waals surface area contributed by atoms with Crippen LogP contribution in [0.5, 0.6) is 0 Å². The van der Waals surface area contributed by atoms with Crippen molar-refractivity contribution in [1.29, 1.82) is 0 Å². The van der Waals surface area contributed by atoms with Crippen LogP contribution in [0.3, 0.4) is 0 Å². The van der Waals surface area contributed by atoms with E-state index < -0.39 is 0 Å². The summed E-state index contributed by atoms with van der Waals surface area (Å²) in [6.45, 7) is 5.59. The highest BCUT2D eigenvalue weighted by Gasteiger charge is 2.19. The molecule has 0 aliphatic heterocycles. The molecular formula is C12H16BrNO. The monoisotopic (exact) mass is 269 g/mol. The molecule has 0 fully saturated rings. The Balaban J connectivity index is 2.77. The Morgan fingerprint density at radius 1 is 1.40 bits per heavy atom. The SMILES string of the molecule is CC(=O)NC(C)(C)Cc1ccccc1Br. The molecule has 0 saturated heterocycles. The third kappa shape index (κ3) is 4.04. The lowest BCUT2D eigenvalue weighted by Gasteiger charge is -2.26. The van der Waals surface area contributed by atoms with E-state index in [2.05, 4.69) is 27.3 Å². The van der Waals surface area contributed by atoms with Crippen LogP contribution in [0.15, 0.2) is 28.7 Å². The lowest BCUT2D eigenvalue weighted by atomic mass is 9.95. The van der Waals surface area contributed by atoms with Gasteiger partial charge in [-0.1, -0.05) is 34.1 Å². The summed E-state index contributed by atoms with van der Waals surface area (Å²) >= 11 is 3.50. The van der Waals surface area contributed by atoms with E-state index in [9.17, 15) is 4.79 Å². The second kappa shape index (κ2) is 4.79. The van der Waals surface area contributed by atoms with Crippen LogP contribution in [0.4, 0.5) is 0 Å². The zero-order valence-corrected chi connectivity index (χ0v) is 10.9. The molecule has 1 amide bonds. The van der Waals surface area contributed by atoms with Gasteiger partial charge < -0.3 is 5.32 Å². The minimum atomic E-state index is -0.213. The van der Waals surface area contributed by atoms with Crippen molar-refractivity contribution in [2.45, 2.75) is 32.7 Å². The average Bonchev–Trinajstić information content (AvgIpc) is 2.06. The van der Waals surface area contributed by atoms with E-state index >= 15 is 0 Å². The van der Waals surface area contributed by atoms with Crippen molar-refractivity contribution in [3.63, 3.8) is 0 Å². The maximum Gasteiger partial charge on any atom is 0.217 e. The van der Waals surface area contributed by atoms with Gasteiger partial charge in [-0.3, -0.25) is 4.79 Å². The summed E-state index contributed by atoms with van der Waals surface area (Å²) in [5.41, 5.74) is 0.992. The molecule has 0 spiro atoms. The molecule has 0 aromatic heterocycles. The molecule has 82 valence electrons. The number of carbonyl (C=O) groups is 1. The highest BCUT2D eigenvalue weighted by Crippen LogP contribution is 2.21. The Morgan fingerprint density at radius 3 is 2.53 bits per heavy atom. The van der Waals surface area contributed by atoms with Gasteiger partial charge in [-0.05, 0) is 31.9 Å². The van der Waals surface area contributed by atoms with E-state index in [4.69, 9.17) is 0 Å². The van der Waals surface area contributed by atoms with Gasteiger partial charge in [0, 0.05) is 16.9 Å². The van der Waals surface area contributed by atoms with Gasteiger partial charge in [0.1, 0.15) is 0 Å². The van der Waals surface area contributed by atoms with Crippen LogP contribution < -0.4 is 5.32 Å². The van der Waals surface area contributed by atoms with Crippen LogP contribution in [-0.4, -0.2) is 11.4 Å². The second-order valence-corrected chi connectivity index (χ2v) is 5.19. The molecule has 1 rings (SSSR count). The Hall–Kier alpha value is -0.830. The molecule has 0 aliphatic rings. The molecule has 0 aliphatic carbocycles. The molecule has 0 bridgehead atoms. The van der Waals surface area contributed by atoms with Gasteiger partial charge in [-0.25, -0.2) is 0 Å². The molecule has 0 radical (unpaired) electrons. The topological polar surface area (TPSA) is 29.1 Å². The number of hydrogen-bond acceptors (Lipinski definition) is 1. The molecule has 2 nitrogen and oxygen atoms in total. The quantitative estimate of drug-likeness (QED) is 0.899. The largest absolute Gasteiger partial charge is 0.351 e. The Labute approximate surface area is 99.2 Å². The number of rotatable bonds is 3. The third-order valence-corrected chi connectivity index (χ3v) is 2.88. The molecule has 0 atom stereocenters. The van der Waals surface area contributed by atoms with Crippen LogP contribution in [0.25, 0.3) is 0 Å². The second-order valence-electron chi connectivity index (χ2n) is 4.33. The van der Waals surface area contributed by atoms with Crippen molar-refractivity contribution in [3.8, 4) is 0 Å². The first-order valence-electron chi connectivity index (χ1n) is 4.93. The third-order valence-electron chi connectivity index (χ3n) is 2.10. The number of amides is 1. The number of hydrogen-bond donors (Lipinski definition) is 1. The Kier molecular flexibility index (Phi) is 3.91. The van der Waals surface area contributed by atoms with E-state index in [1.165, 1.54) is 5.56 Å². The summed E-state index contributed by atoms with van der Waals surface area (Å²) < 4.78 is 1.09. The van der Waals surface area contributed by atoms with Gasteiger partial charge in [0.05, 0.1) is 0 Å². The summed E-state index contributed by atoms with van der Waals surface area (Å²) in [6, 6.07) is 8.07. The Morgan fingerprint density at radius 2 is 2.00 bits per heavy atom. The standard InChI is InChI=1S/C12H16BrNO/c1-9(15)14-12(2,3)8-10-6-4-5-7-11(10)13/h4-7H,8H2,1-3H3,(H,14,15). The number of nitrogens with one attached hydrogen (secondary N) is 1. The molecule has 0 heterocycles. The van der Waals surface area contributed by atoms with Gasteiger partial charge in [-0.2, -0.15) is 0 Å². The summed E-state index contributed by atoms with van der Waals surface area (Å²) in [7, 11) is 0. The van der Waals surface area contributed by atoms with Crippen molar-refractivity contribution in [1.82, 2.24) is 5.32 Å². The van der Waals surface area contributed by atoms with E-state index in [1.807, 2.05) is 32.0 Å². The summed E-state index contributed by atoms with van der Waals surface area (Å²) in [5.74, 6) is 0.00653. The van der Waals surface area contributed by atoms with E-state index in [0.717, 1.165) is 10.9 Å². The summed E-state index contributed by atoms with van der Waals surface area (Å²) in [6.07, 6.45) is 0.813. The molecule has 1 aromatic rings. The molecular weight excluding hydrogens is 254 g/mol. The van der Waals surface area contributed by atoms with Crippen molar-refractivity contribution in [3.05, 3.63) is 34.3 Å². The van der Waals surface area contributed by atoms with Crippen LogP contribution in [0.1, 0.15) is 26.3 Å². The van der Waals surface area contributed by atoms with Crippen molar-refractivity contribution in [2.24, 2.45) is 0 Å². The minimum Gasteiger partial charge on any atom is -0.351 e. The minimum absolute atomic E-state index is 0.00653. The van der Waals surface area contributed by atoms with Crippen molar-refractivity contribution in [2.75, 3.05) is 0 Å². The van der Waals surface area contributed by atoms with E-state index in [0.29, 0.717) is 0 Å². The smallest absolute Gasteiger partial charge is 0.217 e. The summed E-state index contributed by atoms with van der Waals surface area (Å²) in [4.78, 5) is 11.0. The Bertz CT molecular complexity index is 360. The molecule has 0 saturated carbocycles. The number of halogens is 1. The first-order valence-corrected chi connectivity index (χ1v) is 5.72. The van der Waals surface area contributed by atoms with Crippen LogP contribution in [-0.2, 0) is 11.2 Å². The first-order chi connectivity index (χ1) is 6.91. The maximum atomic E-state index is 11.0. The predicted octanol–water partition coefficient (Wildman–Crippen LogP) is 2.91. The van der Waals surface area contributed by atoms with Gasteiger partial charge in [-0.15, -0.1) is 0 Å². The van der Waals surface area contributed by atoms with Crippen LogP contribution >= 0.6 is 15.9 Å². The van der Waals surface area contributed by atoms with Gasteiger partial charge in [0.15, 0.2) is 0 Å². The predicted molar refractivity (Wildman–Crippen MR) is 65.7 cm³/mol. The molecule has 15 heavy (non-hydrogen) atoms. The van der Waals surface area contributed by atoms with Crippen LogP contribution in [0, 0.1) is 0 Å². The number of carbonyl (C=O) groups excluding carboxylic acids is 1. The van der Waals surface area contributed by atoms with Gasteiger partial charge in [0.25, 0.3) is 0 Å². The fourth-order valence-electron chi connectivity index (χ4n) is 1.64.